The quantitative estimate of drug-likeness (QED) is 0.360. The molecule has 0 aliphatic heterocycles. The van der Waals surface area contributed by atoms with Crippen molar-refractivity contribution in [2.45, 2.75) is 6.43 Å². The lowest BCUT2D eigenvalue weighted by Crippen LogP contribution is -2.21. The molecule has 0 radical (unpaired) electrons. The average molecular weight is 176 g/mol. The van der Waals surface area contributed by atoms with E-state index in [1.54, 1.807) is 0 Å². The number of alkyl halides is 2. The van der Waals surface area contributed by atoms with Gasteiger partial charge in [0.05, 0.1) is 0 Å². The smallest absolute Gasteiger partial charge is 0.274 e. The molecule has 0 bridgehead atoms. The average Bonchev–Trinajstić information content (AvgIpc) is 1.96. The molecule has 0 aromatic carbocycles. The summed E-state index contributed by atoms with van der Waals surface area (Å²) in [7, 11) is 0. The molecule has 7 heteroatoms. The van der Waals surface area contributed by atoms with E-state index < -0.39 is 24.6 Å². The van der Waals surface area contributed by atoms with E-state index in [1.807, 2.05) is 0 Å². The second kappa shape index (κ2) is 5.01. The van der Waals surface area contributed by atoms with Gasteiger partial charge in [-0.25, -0.2) is 8.78 Å². The third-order valence-electron chi connectivity index (χ3n) is 0.717. The van der Waals surface area contributed by atoms with Gasteiger partial charge in [-0.05, 0) is 0 Å². The molecule has 12 heavy (non-hydrogen) atoms. The molecular weight excluding hydrogens is 170 g/mol. The lowest BCUT2D eigenvalue weighted by atomic mass is 10.4. The van der Waals surface area contributed by atoms with Gasteiger partial charge in [0.1, 0.15) is 6.07 Å². The summed E-state index contributed by atoms with van der Waals surface area (Å²) in [6.45, 7) is -0.918. The van der Waals surface area contributed by atoms with E-state index in [0.29, 0.717) is 0 Å². The van der Waals surface area contributed by atoms with Crippen LogP contribution in [-0.2, 0) is 4.84 Å². The summed E-state index contributed by atoms with van der Waals surface area (Å²) in [5.74, 6) is -0.619. The first kappa shape index (κ1) is 10.3. The standard InChI is InChI=1S/C5H6F2N4O/c6-4(7)2-12-11-3(1-8)5(9)10/h4H,2H2,(H3,9,10). The van der Waals surface area contributed by atoms with Gasteiger partial charge in [-0.2, -0.15) is 5.26 Å². The highest BCUT2D eigenvalue weighted by molar-refractivity contribution is 6.45. The normalized spacial score (nSPS) is 11.0. The van der Waals surface area contributed by atoms with Gasteiger partial charge in [0, 0.05) is 0 Å². The topological polar surface area (TPSA) is 95.2 Å². The fraction of sp³-hybridized carbons (Fsp3) is 0.400. The predicted octanol–water partition coefficient (Wildman–Crippen LogP) is 0.0837. The van der Waals surface area contributed by atoms with Gasteiger partial charge in [0.2, 0.25) is 5.71 Å². The van der Waals surface area contributed by atoms with E-state index in [2.05, 4.69) is 9.99 Å². The van der Waals surface area contributed by atoms with Crippen molar-refractivity contribution in [1.82, 2.24) is 0 Å². The summed E-state index contributed by atoms with van der Waals surface area (Å²) in [6, 6.07) is 1.41. The first-order chi connectivity index (χ1) is 5.57. The molecule has 0 aliphatic rings. The van der Waals surface area contributed by atoms with E-state index in [9.17, 15) is 8.78 Å². The number of hydrogen-bond donors (Lipinski definition) is 2. The van der Waals surface area contributed by atoms with Crippen molar-refractivity contribution < 1.29 is 13.6 Å². The summed E-state index contributed by atoms with van der Waals surface area (Å²) >= 11 is 0. The highest BCUT2D eigenvalue weighted by atomic mass is 19.3. The number of hydrogen-bond acceptors (Lipinski definition) is 4. The van der Waals surface area contributed by atoms with E-state index in [4.69, 9.17) is 16.4 Å². The van der Waals surface area contributed by atoms with Gasteiger partial charge in [0.15, 0.2) is 12.4 Å². The maximum absolute atomic E-state index is 11.4. The summed E-state index contributed by atoms with van der Waals surface area (Å²) in [4.78, 5) is 4.00. The van der Waals surface area contributed by atoms with Crippen molar-refractivity contribution in [3.8, 4) is 6.07 Å². The molecule has 0 amide bonds. The van der Waals surface area contributed by atoms with Crippen LogP contribution in [0.3, 0.4) is 0 Å². The van der Waals surface area contributed by atoms with E-state index in [0.717, 1.165) is 0 Å². The van der Waals surface area contributed by atoms with E-state index >= 15 is 0 Å². The Morgan fingerprint density at radius 3 is 2.67 bits per heavy atom. The van der Waals surface area contributed by atoms with Crippen molar-refractivity contribution in [1.29, 1.82) is 10.7 Å². The molecule has 3 N–H and O–H groups in total. The van der Waals surface area contributed by atoms with E-state index in [1.165, 1.54) is 6.07 Å². The van der Waals surface area contributed by atoms with Crippen molar-refractivity contribution in [3.05, 3.63) is 0 Å². The summed E-state index contributed by atoms with van der Waals surface area (Å²) in [5, 5.41) is 17.8. The van der Waals surface area contributed by atoms with Gasteiger partial charge < -0.3 is 10.6 Å². The van der Waals surface area contributed by atoms with Crippen molar-refractivity contribution in [2.75, 3.05) is 6.61 Å². The minimum atomic E-state index is -2.67. The zero-order valence-corrected chi connectivity index (χ0v) is 5.92. The molecule has 0 atom stereocenters. The molecule has 0 saturated heterocycles. The van der Waals surface area contributed by atoms with Crippen LogP contribution >= 0.6 is 0 Å². The maximum Gasteiger partial charge on any atom is 0.274 e. The highest BCUT2D eigenvalue weighted by Gasteiger charge is 2.04. The first-order valence-corrected chi connectivity index (χ1v) is 2.80. The molecule has 5 nitrogen and oxygen atoms in total. The second-order valence-electron chi connectivity index (χ2n) is 1.65. The van der Waals surface area contributed by atoms with Crippen LogP contribution in [0.5, 0.6) is 0 Å². The molecule has 0 spiro atoms. The van der Waals surface area contributed by atoms with Gasteiger partial charge in [-0.3, -0.25) is 5.41 Å². The Hall–Kier alpha value is -1.71. The van der Waals surface area contributed by atoms with Crippen LogP contribution in [0.25, 0.3) is 0 Å². The van der Waals surface area contributed by atoms with Crippen LogP contribution in [-0.4, -0.2) is 24.6 Å². The van der Waals surface area contributed by atoms with Crippen LogP contribution in [0.2, 0.25) is 0 Å². The van der Waals surface area contributed by atoms with Gasteiger partial charge >= 0.3 is 0 Å². The fourth-order valence-corrected chi connectivity index (χ4v) is 0.288. The van der Waals surface area contributed by atoms with Gasteiger partial charge in [-0.15, -0.1) is 0 Å². The van der Waals surface area contributed by atoms with Crippen molar-refractivity contribution in [3.63, 3.8) is 0 Å². The molecular formula is C5H6F2N4O. The zero-order chi connectivity index (χ0) is 9.56. The Morgan fingerprint density at radius 1 is 1.75 bits per heavy atom. The molecule has 0 heterocycles. The third kappa shape index (κ3) is 4.16. The molecule has 0 rings (SSSR count). The molecule has 0 fully saturated rings. The van der Waals surface area contributed by atoms with E-state index in [-0.39, 0.29) is 0 Å². The molecule has 0 unspecified atom stereocenters. The number of oxime groups is 1. The Kier molecular flexibility index (Phi) is 4.30. The van der Waals surface area contributed by atoms with Crippen molar-refractivity contribution in [2.24, 2.45) is 10.9 Å². The van der Waals surface area contributed by atoms with Crippen molar-refractivity contribution >= 4 is 11.5 Å². The van der Waals surface area contributed by atoms with Crippen LogP contribution in [0, 0.1) is 16.7 Å². The number of halogens is 2. The largest absolute Gasteiger partial charge is 0.389 e. The molecule has 0 aromatic rings. The third-order valence-corrected chi connectivity index (χ3v) is 0.717. The van der Waals surface area contributed by atoms with Crippen LogP contribution in [0.1, 0.15) is 0 Å². The molecule has 0 aromatic heterocycles. The number of rotatable bonds is 4. The fourth-order valence-electron chi connectivity index (χ4n) is 0.288. The van der Waals surface area contributed by atoms with Crippen LogP contribution in [0.15, 0.2) is 5.16 Å². The molecule has 0 aliphatic carbocycles. The predicted molar refractivity (Wildman–Crippen MR) is 36.9 cm³/mol. The molecule has 0 saturated carbocycles. The number of amidine groups is 1. The SMILES string of the molecule is N#CC(=NOCC(F)F)C(=N)N. The Labute approximate surface area is 66.9 Å². The zero-order valence-electron chi connectivity index (χ0n) is 5.92. The number of nitrogens with two attached hydrogens (primary N) is 1. The number of nitrogens with zero attached hydrogens (tertiary/aromatic N) is 2. The minimum Gasteiger partial charge on any atom is -0.389 e. The first-order valence-electron chi connectivity index (χ1n) is 2.80. The van der Waals surface area contributed by atoms with Crippen LogP contribution < -0.4 is 5.73 Å². The monoisotopic (exact) mass is 176 g/mol. The summed E-state index contributed by atoms with van der Waals surface area (Å²) < 4.78 is 22.9. The maximum atomic E-state index is 11.4. The minimum absolute atomic E-state index is 0.518. The lowest BCUT2D eigenvalue weighted by molar-refractivity contribution is 0.0206. The van der Waals surface area contributed by atoms with Gasteiger partial charge in [0.25, 0.3) is 6.43 Å². The molecule has 66 valence electrons. The second-order valence-corrected chi connectivity index (χ2v) is 1.65. The number of nitrogens with one attached hydrogen (secondary N) is 1. The Morgan fingerprint density at radius 2 is 2.33 bits per heavy atom. The van der Waals surface area contributed by atoms with Crippen LogP contribution in [0.4, 0.5) is 8.78 Å². The summed E-state index contributed by atoms with van der Waals surface area (Å²) in [6.07, 6.45) is -2.67. The Balaban J connectivity index is 3.98. The summed E-state index contributed by atoms with van der Waals surface area (Å²) in [5.41, 5.74) is 4.31. The lowest BCUT2D eigenvalue weighted by Gasteiger charge is -1.97. The Bertz CT molecular complexity index is 232. The highest BCUT2D eigenvalue weighted by Crippen LogP contribution is 1.92. The van der Waals surface area contributed by atoms with Gasteiger partial charge in [-0.1, -0.05) is 5.16 Å². The number of nitriles is 1.